The molecule has 1 unspecified atom stereocenters. The van der Waals surface area contributed by atoms with Crippen LogP contribution in [0.15, 0.2) is 23.2 Å². The Kier molecular flexibility index (Phi) is 4.07. The van der Waals surface area contributed by atoms with E-state index in [2.05, 4.69) is 5.10 Å². The summed E-state index contributed by atoms with van der Waals surface area (Å²) in [6.07, 6.45) is 1.77. The van der Waals surface area contributed by atoms with Crippen molar-refractivity contribution in [1.29, 1.82) is 0 Å². The van der Waals surface area contributed by atoms with Gasteiger partial charge in [-0.25, -0.2) is 8.42 Å². The van der Waals surface area contributed by atoms with Crippen LogP contribution in [-0.2, 0) is 34.9 Å². The average molecular weight is 338 g/mol. The molecule has 0 fully saturated rings. The van der Waals surface area contributed by atoms with Gasteiger partial charge in [0.15, 0.2) is 0 Å². The number of hydrogen-bond donors (Lipinski definition) is 0. The van der Waals surface area contributed by atoms with E-state index < -0.39 is 10.0 Å². The zero-order chi connectivity index (χ0) is 16.8. The number of aromatic nitrogens is 3. The maximum atomic E-state index is 13.2. The van der Waals surface area contributed by atoms with Crippen molar-refractivity contribution in [2.24, 2.45) is 7.05 Å². The summed E-state index contributed by atoms with van der Waals surface area (Å²) in [5.74, 6) is 0. The summed E-state index contributed by atoms with van der Waals surface area (Å²) < 4.78 is 37.0. The number of nitrogens with zero attached hydrogens (tertiary/aromatic N) is 4. The first-order chi connectivity index (χ1) is 10.8. The molecule has 0 spiro atoms. The van der Waals surface area contributed by atoms with E-state index in [9.17, 15) is 8.42 Å². The Balaban J connectivity index is 2.05. The highest BCUT2D eigenvalue weighted by Crippen LogP contribution is 2.26. The molecule has 0 aromatic carbocycles. The molecule has 0 saturated carbocycles. The summed E-state index contributed by atoms with van der Waals surface area (Å²) in [5, 5.41) is 4.24. The topological polar surface area (TPSA) is 69.4 Å². The van der Waals surface area contributed by atoms with E-state index >= 15 is 0 Å². The summed E-state index contributed by atoms with van der Waals surface area (Å²) in [6.45, 7) is 4.82. The summed E-state index contributed by atoms with van der Waals surface area (Å²) in [4.78, 5) is 0.301. The Morgan fingerprint density at radius 3 is 2.65 bits per heavy atom. The van der Waals surface area contributed by atoms with Gasteiger partial charge in [-0.2, -0.15) is 9.40 Å². The zero-order valence-corrected chi connectivity index (χ0v) is 14.7. The molecule has 1 aliphatic rings. The van der Waals surface area contributed by atoms with Crippen molar-refractivity contribution in [2.75, 3.05) is 13.7 Å². The van der Waals surface area contributed by atoms with Crippen molar-refractivity contribution < 1.29 is 13.2 Å². The molecule has 3 heterocycles. The lowest BCUT2D eigenvalue weighted by Gasteiger charge is -2.23. The minimum absolute atomic E-state index is 0.185. The van der Waals surface area contributed by atoms with Crippen LogP contribution >= 0.6 is 0 Å². The second-order valence-corrected chi connectivity index (χ2v) is 7.81. The number of fused-ring (bicyclic) bond motifs is 1. The molecule has 0 aliphatic carbocycles. The molecule has 0 radical (unpaired) electrons. The highest BCUT2D eigenvalue weighted by molar-refractivity contribution is 7.89. The molecule has 126 valence electrons. The second-order valence-electron chi connectivity index (χ2n) is 5.93. The van der Waals surface area contributed by atoms with Gasteiger partial charge in [-0.1, -0.05) is 0 Å². The van der Waals surface area contributed by atoms with Crippen molar-refractivity contribution in [3.8, 4) is 0 Å². The number of methoxy groups -OCH3 is 1. The highest BCUT2D eigenvalue weighted by atomic mass is 32.2. The molecule has 23 heavy (non-hydrogen) atoms. The molecule has 8 heteroatoms. The molecule has 2 aromatic heterocycles. The first-order valence-corrected chi connectivity index (χ1v) is 8.95. The maximum absolute atomic E-state index is 13.2. The van der Waals surface area contributed by atoms with E-state index in [0.717, 1.165) is 5.69 Å². The quantitative estimate of drug-likeness (QED) is 0.839. The van der Waals surface area contributed by atoms with Gasteiger partial charge in [0.1, 0.15) is 4.90 Å². The Labute approximate surface area is 136 Å². The molecule has 0 N–H and O–H groups in total. The first-order valence-electron chi connectivity index (χ1n) is 7.51. The third kappa shape index (κ3) is 2.71. The van der Waals surface area contributed by atoms with Gasteiger partial charge in [-0.15, -0.1) is 0 Å². The monoisotopic (exact) mass is 338 g/mol. The van der Waals surface area contributed by atoms with Crippen molar-refractivity contribution >= 4 is 10.0 Å². The lowest BCUT2D eigenvalue weighted by atomic mass is 10.3. The first kappa shape index (κ1) is 16.2. The van der Waals surface area contributed by atoms with Gasteiger partial charge < -0.3 is 9.30 Å². The Bertz CT molecular complexity index is 822. The van der Waals surface area contributed by atoms with Gasteiger partial charge in [-0.05, 0) is 26.0 Å². The molecule has 0 saturated heterocycles. The van der Waals surface area contributed by atoms with Crippen molar-refractivity contribution in [3.63, 3.8) is 0 Å². The van der Waals surface area contributed by atoms with E-state index in [1.165, 1.54) is 4.31 Å². The lowest BCUT2D eigenvalue weighted by Crippen LogP contribution is -2.37. The van der Waals surface area contributed by atoms with Crippen LogP contribution in [0.25, 0.3) is 0 Å². The summed E-state index contributed by atoms with van der Waals surface area (Å²) >= 11 is 0. The summed E-state index contributed by atoms with van der Waals surface area (Å²) in [5.41, 5.74) is 2.14. The smallest absolute Gasteiger partial charge is 0.247 e. The molecule has 1 aliphatic heterocycles. The molecule has 3 rings (SSSR count). The van der Waals surface area contributed by atoms with Crippen molar-refractivity contribution in [2.45, 2.75) is 37.9 Å². The average Bonchev–Trinajstić information content (AvgIpc) is 2.96. The second kappa shape index (κ2) is 5.77. The van der Waals surface area contributed by atoms with Gasteiger partial charge in [0.25, 0.3) is 0 Å². The van der Waals surface area contributed by atoms with Crippen LogP contribution in [0, 0.1) is 13.8 Å². The molecule has 0 amide bonds. The van der Waals surface area contributed by atoms with E-state index in [0.29, 0.717) is 35.9 Å². The van der Waals surface area contributed by atoms with E-state index in [1.807, 2.05) is 22.9 Å². The number of hydrogen-bond acceptors (Lipinski definition) is 4. The number of sulfonamides is 1. The Morgan fingerprint density at radius 2 is 2.04 bits per heavy atom. The highest BCUT2D eigenvalue weighted by Gasteiger charge is 2.34. The van der Waals surface area contributed by atoms with Crippen LogP contribution in [0.4, 0.5) is 0 Å². The van der Waals surface area contributed by atoms with Crippen LogP contribution in [-0.4, -0.2) is 46.8 Å². The molecule has 0 bridgehead atoms. The van der Waals surface area contributed by atoms with Gasteiger partial charge in [-0.3, -0.25) is 4.68 Å². The molecular weight excluding hydrogens is 316 g/mol. The summed E-state index contributed by atoms with van der Waals surface area (Å²) in [7, 11) is -0.260. The maximum Gasteiger partial charge on any atom is 0.247 e. The van der Waals surface area contributed by atoms with Crippen LogP contribution in [0.1, 0.15) is 17.1 Å². The van der Waals surface area contributed by atoms with Gasteiger partial charge in [0, 0.05) is 39.1 Å². The molecule has 7 nitrogen and oxygen atoms in total. The van der Waals surface area contributed by atoms with Crippen molar-refractivity contribution in [3.05, 3.63) is 35.4 Å². The van der Waals surface area contributed by atoms with Gasteiger partial charge in [0.05, 0.1) is 24.0 Å². The minimum Gasteiger partial charge on any atom is -0.378 e. The fraction of sp³-hybridized carbons (Fsp3) is 0.533. The van der Waals surface area contributed by atoms with Crippen LogP contribution in [0.3, 0.4) is 0 Å². The van der Waals surface area contributed by atoms with E-state index in [-0.39, 0.29) is 6.10 Å². The Hall–Kier alpha value is -1.64. The predicted molar refractivity (Wildman–Crippen MR) is 85.5 cm³/mol. The third-order valence-electron chi connectivity index (χ3n) is 4.44. The van der Waals surface area contributed by atoms with Crippen LogP contribution in [0.5, 0.6) is 0 Å². The van der Waals surface area contributed by atoms with Gasteiger partial charge >= 0.3 is 0 Å². The standard InChI is InChI=1S/C15H22N4O3S/c1-11-15(12(2)17(3)16-11)23(20,21)19-8-13-6-5-7-18(13)9-14(10-19)22-4/h5-7,14H,8-10H2,1-4H3. The number of aryl methyl sites for hydroxylation is 2. The predicted octanol–water partition coefficient (Wildman–Crippen LogP) is 1.06. The molecule has 1 atom stereocenters. The Morgan fingerprint density at radius 1 is 1.30 bits per heavy atom. The van der Waals surface area contributed by atoms with E-state index in [4.69, 9.17) is 4.74 Å². The van der Waals surface area contributed by atoms with Crippen LogP contribution in [0.2, 0.25) is 0 Å². The fourth-order valence-electron chi connectivity index (χ4n) is 3.11. The fourth-order valence-corrected chi connectivity index (χ4v) is 4.95. The number of rotatable bonds is 3. The largest absolute Gasteiger partial charge is 0.378 e. The lowest BCUT2D eigenvalue weighted by molar-refractivity contribution is 0.0770. The zero-order valence-electron chi connectivity index (χ0n) is 13.9. The summed E-state index contributed by atoms with van der Waals surface area (Å²) in [6, 6.07) is 3.88. The molecule has 2 aromatic rings. The van der Waals surface area contributed by atoms with Crippen LogP contribution < -0.4 is 0 Å². The van der Waals surface area contributed by atoms with Gasteiger partial charge in [0.2, 0.25) is 10.0 Å². The van der Waals surface area contributed by atoms with E-state index in [1.54, 1.807) is 32.7 Å². The minimum atomic E-state index is -3.63. The molecular formula is C15H22N4O3S. The normalized spacial score (nSPS) is 19.6. The number of ether oxygens (including phenoxy) is 1. The third-order valence-corrected chi connectivity index (χ3v) is 6.51. The SMILES string of the molecule is COC1CN(S(=O)(=O)c2c(C)nn(C)c2C)Cc2cccn2C1. The van der Waals surface area contributed by atoms with Crippen molar-refractivity contribution in [1.82, 2.24) is 18.7 Å².